The molecule has 1 unspecified atom stereocenters. The highest BCUT2D eigenvalue weighted by Crippen LogP contribution is 2.29. The first-order valence-electron chi connectivity index (χ1n) is 8.10. The van der Waals surface area contributed by atoms with Gasteiger partial charge in [-0.1, -0.05) is 23.2 Å². The Hall–Kier alpha value is -3.24. The Morgan fingerprint density at radius 1 is 0.828 bits per heavy atom. The quantitative estimate of drug-likeness (QED) is 0.475. The first kappa shape index (κ1) is 20.5. The molecule has 0 amide bonds. The smallest absolute Gasteiger partial charge is 0.324 e. The molecule has 10 nitrogen and oxygen atoms in total. The van der Waals surface area contributed by atoms with Gasteiger partial charge in [-0.15, -0.1) is 10.1 Å². The molecule has 3 rings (SSSR count). The minimum atomic E-state index is -0.777. The monoisotopic (exact) mass is 432 g/mol. The molecular formula is C17H14Cl2N8O2. The Morgan fingerprint density at radius 3 is 2.10 bits per heavy atom. The molecule has 0 saturated carbocycles. The highest BCUT2D eigenvalue weighted by Gasteiger charge is 2.11. The highest BCUT2D eigenvalue weighted by atomic mass is 35.5. The summed E-state index contributed by atoms with van der Waals surface area (Å²) >= 11 is 11.9. The van der Waals surface area contributed by atoms with Crippen LogP contribution >= 0.6 is 23.2 Å². The average Bonchev–Trinajstić information content (AvgIpc) is 2.76. The number of benzene rings is 1. The lowest BCUT2D eigenvalue weighted by atomic mass is 10.2. The zero-order valence-electron chi connectivity index (χ0n) is 15.3. The largest absolute Gasteiger partial charge is 0.467 e. The molecule has 0 aliphatic carbocycles. The van der Waals surface area contributed by atoms with Gasteiger partial charge < -0.3 is 9.47 Å². The van der Waals surface area contributed by atoms with E-state index in [0.717, 1.165) is 0 Å². The average molecular weight is 433 g/mol. The van der Waals surface area contributed by atoms with Crippen LogP contribution in [0, 0.1) is 0 Å². The molecule has 2 aromatic heterocycles. The van der Waals surface area contributed by atoms with Gasteiger partial charge in [0, 0.05) is 18.0 Å². The van der Waals surface area contributed by atoms with Crippen LogP contribution in [0.2, 0.25) is 10.0 Å². The van der Waals surface area contributed by atoms with Crippen LogP contribution in [0.3, 0.4) is 0 Å². The number of hydrogen-bond donors (Lipinski definition) is 0. The maximum atomic E-state index is 6.01. The molecule has 1 aromatic carbocycles. The van der Waals surface area contributed by atoms with E-state index in [9.17, 15) is 0 Å². The maximum absolute atomic E-state index is 6.01. The van der Waals surface area contributed by atoms with E-state index in [2.05, 4.69) is 40.4 Å². The Bertz CT molecular complexity index is 1010. The third-order valence-electron chi connectivity index (χ3n) is 3.39. The van der Waals surface area contributed by atoms with E-state index in [1.54, 1.807) is 42.7 Å². The molecule has 0 radical (unpaired) electrons. The third kappa shape index (κ3) is 5.62. The molecule has 0 saturated heterocycles. The molecule has 0 aliphatic heterocycles. The first-order chi connectivity index (χ1) is 14.1. The number of methoxy groups -OCH3 is 2. The summed E-state index contributed by atoms with van der Waals surface area (Å²) in [5.74, 6) is -0.00232. The minimum absolute atomic E-state index is 0.00232. The summed E-state index contributed by atoms with van der Waals surface area (Å²) in [4.78, 5) is 15.9. The Morgan fingerprint density at radius 2 is 1.48 bits per heavy atom. The topological polar surface area (TPSA) is 119 Å². The van der Waals surface area contributed by atoms with Gasteiger partial charge in [-0.05, 0) is 30.3 Å². The predicted molar refractivity (Wildman–Crippen MR) is 105 cm³/mol. The third-order valence-corrected chi connectivity index (χ3v) is 4.13. The standard InChI is InChI=1S/C17H14Cl2N8O2/c1-28-16-21-15(22-17(23-16)29-2)27-26-14(10-5-7-20-8-6-10)25-24-11-3-4-12(18)13(19)9-11/h3-9,14H,1-2H3. The van der Waals surface area contributed by atoms with Crippen LogP contribution in [0.5, 0.6) is 12.0 Å². The summed E-state index contributed by atoms with van der Waals surface area (Å²) in [5.41, 5.74) is 1.22. The number of nitrogens with zero attached hydrogens (tertiary/aromatic N) is 8. The van der Waals surface area contributed by atoms with Gasteiger partial charge in [-0.3, -0.25) is 4.98 Å². The fourth-order valence-corrected chi connectivity index (χ4v) is 2.31. The number of halogens is 2. The molecule has 0 spiro atoms. The zero-order valence-corrected chi connectivity index (χ0v) is 16.8. The van der Waals surface area contributed by atoms with Crippen molar-refractivity contribution in [1.29, 1.82) is 0 Å². The van der Waals surface area contributed by atoms with Crippen molar-refractivity contribution in [3.63, 3.8) is 0 Å². The van der Waals surface area contributed by atoms with Crippen LogP contribution in [0.25, 0.3) is 0 Å². The molecule has 0 aliphatic rings. The van der Waals surface area contributed by atoms with Crippen LogP contribution in [-0.4, -0.2) is 34.2 Å². The van der Waals surface area contributed by atoms with E-state index < -0.39 is 6.17 Å². The lowest BCUT2D eigenvalue weighted by molar-refractivity contribution is 0.340. The molecule has 1 atom stereocenters. The second-order valence-electron chi connectivity index (χ2n) is 5.29. The second kappa shape index (κ2) is 9.80. The summed E-state index contributed by atoms with van der Waals surface area (Å²) in [6.45, 7) is 0. The fourth-order valence-electron chi connectivity index (χ4n) is 2.02. The van der Waals surface area contributed by atoms with Gasteiger partial charge in [0.25, 0.3) is 5.95 Å². The van der Waals surface area contributed by atoms with Crippen molar-refractivity contribution < 1.29 is 9.47 Å². The predicted octanol–water partition coefficient (Wildman–Crippen LogP) is 5.16. The van der Waals surface area contributed by atoms with Crippen molar-refractivity contribution in [2.24, 2.45) is 20.5 Å². The van der Waals surface area contributed by atoms with Crippen molar-refractivity contribution in [3.8, 4) is 12.0 Å². The molecule has 29 heavy (non-hydrogen) atoms. The van der Waals surface area contributed by atoms with E-state index >= 15 is 0 Å². The van der Waals surface area contributed by atoms with E-state index in [0.29, 0.717) is 21.3 Å². The SMILES string of the molecule is COc1nc(N=NC(N=Nc2ccc(Cl)c(Cl)c2)c2ccncc2)nc(OC)n1. The van der Waals surface area contributed by atoms with Gasteiger partial charge >= 0.3 is 12.0 Å². The molecule has 148 valence electrons. The van der Waals surface area contributed by atoms with Crippen molar-refractivity contribution in [3.05, 3.63) is 58.3 Å². The summed E-state index contributed by atoms with van der Waals surface area (Å²) in [5, 5.41) is 17.4. The van der Waals surface area contributed by atoms with Gasteiger partial charge in [0.15, 0.2) is 0 Å². The number of azo groups is 2. The van der Waals surface area contributed by atoms with Gasteiger partial charge in [0.1, 0.15) is 0 Å². The number of pyridine rings is 1. The Balaban J connectivity index is 1.91. The van der Waals surface area contributed by atoms with Crippen LogP contribution < -0.4 is 9.47 Å². The molecule has 0 bridgehead atoms. The number of ether oxygens (including phenoxy) is 2. The van der Waals surface area contributed by atoms with Crippen LogP contribution in [0.4, 0.5) is 11.6 Å². The Kier molecular flexibility index (Phi) is 6.93. The van der Waals surface area contributed by atoms with Crippen molar-refractivity contribution in [1.82, 2.24) is 19.9 Å². The van der Waals surface area contributed by atoms with E-state index in [1.807, 2.05) is 0 Å². The Labute approximate surface area is 175 Å². The second-order valence-corrected chi connectivity index (χ2v) is 6.11. The summed E-state index contributed by atoms with van der Waals surface area (Å²) in [7, 11) is 2.84. The number of rotatable bonds is 7. The zero-order chi connectivity index (χ0) is 20.6. The molecule has 3 aromatic rings. The van der Waals surface area contributed by atoms with E-state index in [1.165, 1.54) is 14.2 Å². The van der Waals surface area contributed by atoms with E-state index in [-0.39, 0.29) is 18.0 Å². The first-order valence-corrected chi connectivity index (χ1v) is 8.85. The van der Waals surface area contributed by atoms with E-state index in [4.69, 9.17) is 32.7 Å². The number of aromatic nitrogens is 4. The molecule has 2 heterocycles. The van der Waals surface area contributed by atoms with Gasteiger partial charge in [0.05, 0.1) is 30.0 Å². The fraction of sp³-hybridized carbons (Fsp3) is 0.176. The van der Waals surface area contributed by atoms with Crippen molar-refractivity contribution in [2.75, 3.05) is 14.2 Å². The normalized spacial score (nSPS) is 12.4. The van der Waals surface area contributed by atoms with Gasteiger partial charge in [0.2, 0.25) is 6.17 Å². The van der Waals surface area contributed by atoms with Crippen molar-refractivity contribution in [2.45, 2.75) is 6.17 Å². The van der Waals surface area contributed by atoms with Gasteiger partial charge in [-0.2, -0.15) is 25.3 Å². The van der Waals surface area contributed by atoms with Crippen LogP contribution in [0.1, 0.15) is 11.7 Å². The number of hydrogen-bond acceptors (Lipinski definition) is 10. The summed E-state index contributed by atoms with van der Waals surface area (Å²) in [6.07, 6.45) is 2.45. The molecular weight excluding hydrogens is 419 g/mol. The minimum Gasteiger partial charge on any atom is -0.467 e. The van der Waals surface area contributed by atoms with Crippen LogP contribution in [-0.2, 0) is 0 Å². The molecule has 12 heteroatoms. The maximum Gasteiger partial charge on any atom is 0.324 e. The lowest BCUT2D eigenvalue weighted by Crippen LogP contribution is -1.98. The van der Waals surface area contributed by atoms with Crippen LogP contribution in [0.15, 0.2) is 63.2 Å². The molecule has 0 N–H and O–H groups in total. The van der Waals surface area contributed by atoms with Crippen molar-refractivity contribution >= 4 is 34.8 Å². The highest BCUT2D eigenvalue weighted by molar-refractivity contribution is 6.42. The molecule has 0 fully saturated rings. The summed E-state index contributed by atoms with van der Waals surface area (Å²) < 4.78 is 10.00. The lowest BCUT2D eigenvalue weighted by Gasteiger charge is -2.05. The van der Waals surface area contributed by atoms with Gasteiger partial charge in [-0.25, -0.2) is 0 Å². The summed E-state index contributed by atoms with van der Waals surface area (Å²) in [6, 6.07) is 8.48.